The molecule has 4 aromatic rings. The molecule has 2 aromatic carbocycles. The number of nitrogens with zero attached hydrogens (tertiary/aromatic N) is 5. The maximum Gasteiger partial charge on any atom is 0.253 e. The minimum Gasteiger partial charge on any atom is -0.392 e. The van der Waals surface area contributed by atoms with Crippen LogP contribution in [-0.4, -0.2) is 48.1 Å². The van der Waals surface area contributed by atoms with Gasteiger partial charge in [-0.1, -0.05) is 67.2 Å². The van der Waals surface area contributed by atoms with E-state index in [2.05, 4.69) is 32.7 Å². The second-order valence-electron chi connectivity index (χ2n) is 9.38. The third kappa shape index (κ3) is 6.51. The zero-order chi connectivity index (χ0) is 27.2. The summed E-state index contributed by atoms with van der Waals surface area (Å²) in [6.07, 6.45) is 2.26. The molecule has 2 N–H and O–H groups in total. The summed E-state index contributed by atoms with van der Waals surface area (Å²) in [5, 5.41) is 24.8. The van der Waals surface area contributed by atoms with Gasteiger partial charge in [0.2, 0.25) is 5.16 Å². The number of aromatic nitrogens is 5. The lowest BCUT2D eigenvalue weighted by Crippen LogP contribution is -2.38. The highest BCUT2D eigenvalue weighted by molar-refractivity contribution is 7.99. The summed E-state index contributed by atoms with van der Waals surface area (Å²) in [7, 11) is 1.81. The second kappa shape index (κ2) is 12.5. The summed E-state index contributed by atoms with van der Waals surface area (Å²) in [6.45, 7) is 2.50. The average molecular weight is 547 g/mol. The minimum atomic E-state index is -0.578. The number of pyridine rings is 1. The van der Waals surface area contributed by atoms with Gasteiger partial charge in [-0.25, -0.2) is 4.68 Å². The van der Waals surface area contributed by atoms with Gasteiger partial charge in [-0.3, -0.25) is 9.78 Å². The monoisotopic (exact) mass is 546 g/mol. The van der Waals surface area contributed by atoms with Crippen LogP contribution in [0.2, 0.25) is 0 Å². The molecule has 1 aliphatic heterocycles. The van der Waals surface area contributed by atoms with Crippen LogP contribution in [0.1, 0.15) is 51.9 Å². The van der Waals surface area contributed by atoms with E-state index >= 15 is 0 Å². The Kier molecular flexibility index (Phi) is 8.62. The number of aryl methyl sites for hydroxylation is 1. The van der Waals surface area contributed by atoms with Crippen LogP contribution in [0.25, 0.3) is 0 Å². The molecular weight excluding hydrogens is 516 g/mol. The van der Waals surface area contributed by atoms with E-state index in [-0.39, 0.29) is 30.6 Å². The summed E-state index contributed by atoms with van der Waals surface area (Å²) in [5.41, 5.74) is 4.24. The van der Waals surface area contributed by atoms with Gasteiger partial charge in [-0.15, -0.1) is 5.10 Å². The first kappa shape index (κ1) is 26.9. The van der Waals surface area contributed by atoms with Crippen molar-refractivity contribution in [3.05, 3.63) is 101 Å². The number of aliphatic hydroxyl groups excluding tert-OH is 1. The molecule has 0 aliphatic carbocycles. The van der Waals surface area contributed by atoms with E-state index in [1.165, 1.54) is 0 Å². The van der Waals surface area contributed by atoms with E-state index in [0.29, 0.717) is 17.9 Å². The van der Waals surface area contributed by atoms with Crippen LogP contribution in [-0.2, 0) is 29.7 Å². The van der Waals surface area contributed by atoms with E-state index in [1.807, 2.05) is 55.6 Å². The van der Waals surface area contributed by atoms with Gasteiger partial charge in [0.1, 0.15) is 0 Å². The summed E-state index contributed by atoms with van der Waals surface area (Å²) >= 11 is 1.54. The van der Waals surface area contributed by atoms with E-state index in [1.54, 1.807) is 41.0 Å². The molecule has 10 nitrogen and oxygen atoms in total. The lowest BCUT2D eigenvalue weighted by Gasteiger charge is -2.41. The fourth-order valence-electron chi connectivity index (χ4n) is 4.38. The SMILES string of the molecule is CC1C(CSc2nnnn2C)OC(c2ccc(CNC(=O)c3cccnc3)cc2)OC1c1ccc(CO)cc1. The van der Waals surface area contributed by atoms with Crippen molar-refractivity contribution in [1.82, 2.24) is 30.5 Å². The van der Waals surface area contributed by atoms with E-state index in [9.17, 15) is 9.90 Å². The summed E-state index contributed by atoms with van der Waals surface area (Å²) in [4.78, 5) is 16.3. The first-order valence-electron chi connectivity index (χ1n) is 12.6. The van der Waals surface area contributed by atoms with Crippen molar-refractivity contribution in [1.29, 1.82) is 0 Å². The van der Waals surface area contributed by atoms with Crippen LogP contribution >= 0.6 is 11.8 Å². The first-order chi connectivity index (χ1) is 19.0. The zero-order valence-corrected chi connectivity index (χ0v) is 22.5. The molecule has 39 heavy (non-hydrogen) atoms. The summed E-state index contributed by atoms with van der Waals surface area (Å²) < 4.78 is 14.6. The van der Waals surface area contributed by atoms with Gasteiger partial charge in [-0.2, -0.15) is 0 Å². The number of carbonyl (C=O) groups excluding carboxylic acids is 1. The number of aliphatic hydroxyl groups is 1. The molecule has 1 fully saturated rings. The fourth-order valence-corrected chi connectivity index (χ4v) is 5.40. The molecule has 2 aromatic heterocycles. The van der Waals surface area contributed by atoms with E-state index in [0.717, 1.165) is 27.4 Å². The number of ether oxygens (including phenoxy) is 2. The third-order valence-corrected chi connectivity index (χ3v) is 7.81. The standard InChI is InChI=1S/C28H30N6O4S/c1-18-24(17-39-28-31-32-33-34(28)2)37-27(38-25(18)21-9-7-20(16-35)8-10-21)22-11-5-19(6-12-22)14-30-26(36)23-4-3-13-29-15-23/h3-13,15,18,24-25,27,35H,14,16-17H2,1-2H3,(H,30,36). The minimum absolute atomic E-state index is 0.00681. The van der Waals surface area contributed by atoms with Gasteiger partial charge >= 0.3 is 0 Å². The van der Waals surface area contributed by atoms with Gasteiger partial charge in [0.25, 0.3) is 5.91 Å². The van der Waals surface area contributed by atoms with Gasteiger partial charge < -0.3 is 19.9 Å². The molecule has 11 heteroatoms. The topological polar surface area (TPSA) is 124 Å². The van der Waals surface area contributed by atoms with Crippen molar-refractivity contribution in [2.75, 3.05) is 5.75 Å². The number of nitrogens with one attached hydrogen (secondary N) is 1. The Morgan fingerprint density at radius 3 is 2.46 bits per heavy atom. The molecule has 0 saturated carbocycles. The maximum atomic E-state index is 12.4. The van der Waals surface area contributed by atoms with Crippen LogP contribution in [0.15, 0.2) is 78.2 Å². The van der Waals surface area contributed by atoms with Gasteiger partial charge in [-0.05, 0) is 39.2 Å². The van der Waals surface area contributed by atoms with Crippen molar-refractivity contribution in [3.8, 4) is 0 Å². The number of tetrazole rings is 1. The van der Waals surface area contributed by atoms with Crippen molar-refractivity contribution in [3.63, 3.8) is 0 Å². The Balaban J connectivity index is 1.30. The largest absolute Gasteiger partial charge is 0.392 e. The van der Waals surface area contributed by atoms with Crippen molar-refractivity contribution in [2.24, 2.45) is 13.0 Å². The third-order valence-electron chi connectivity index (χ3n) is 6.71. The van der Waals surface area contributed by atoms with Gasteiger partial charge in [0.15, 0.2) is 6.29 Å². The molecule has 1 amide bonds. The number of carbonyl (C=O) groups is 1. The number of hydrogen-bond acceptors (Lipinski definition) is 9. The average Bonchev–Trinajstić information content (AvgIpc) is 3.40. The van der Waals surface area contributed by atoms with Crippen LogP contribution in [0, 0.1) is 5.92 Å². The number of benzene rings is 2. The van der Waals surface area contributed by atoms with Gasteiger partial charge in [0.05, 0.1) is 24.4 Å². The lowest BCUT2D eigenvalue weighted by molar-refractivity contribution is -0.268. The molecule has 3 heterocycles. The highest BCUT2D eigenvalue weighted by Gasteiger charge is 2.38. The molecule has 0 radical (unpaired) electrons. The molecular formula is C28H30N6O4S. The quantitative estimate of drug-likeness (QED) is 0.303. The normalized spacial score (nSPS) is 21.0. The molecule has 1 saturated heterocycles. The van der Waals surface area contributed by atoms with E-state index in [4.69, 9.17) is 9.47 Å². The summed E-state index contributed by atoms with van der Waals surface area (Å²) in [5.74, 6) is 0.532. The van der Waals surface area contributed by atoms with Crippen LogP contribution in [0.4, 0.5) is 0 Å². The molecule has 4 atom stereocenters. The van der Waals surface area contributed by atoms with Crippen LogP contribution in [0.5, 0.6) is 0 Å². The molecule has 0 spiro atoms. The molecule has 202 valence electrons. The predicted molar refractivity (Wildman–Crippen MR) is 144 cm³/mol. The highest BCUT2D eigenvalue weighted by atomic mass is 32.2. The number of hydrogen-bond donors (Lipinski definition) is 2. The van der Waals surface area contributed by atoms with Crippen molar-refractivity contribution >= 4 is 17.7 Å². The highest BCUT2D eigenvalue weighted by Crippen LogP contribution is 2.42. The van der Waals surface area contributed by atoms with Crippen LogP contribution < -0.4 is 5.32 Å². The summed E-state index contributed by atoms with van der Waals surface area (Å²) in [6, 6.07) is 19.2. The first-order valence-corrected chi connectivity index (χ1v) is 13.6. The Labute approximate surface area is 230 Å². The molecule has 0 bridgehead atoms. The Morgan fingerprint density at radius 2 is 1.79 bits per heavy atom. The number of amides is 1. The Morgan fingerprint density at radius 1 is 1.05 bits per heavy atom. The van der Waals surface area contributed by atoms with Gasteiger partial charge in [0, 0.05) is 43.2 Å². The Hall–Kier alpha value is -3.64. The molecule has 4 unspecified atom stereocenters. The number of thioether (sulfide) groups is 1. The second-order valence-corrected chi connectivity index (χ2v) is 10.4. The van der Waals surface area contributed by atoms with Crippen LogP contribution in [0.3, 0.4) is 0 Å². The zero-order valence-electron chi connectivity index (χ0n) is 21.7. The van der Waals surface area contributed by atoms with E-state index < -0.39 is 6.29 Å². The Bertz CT molecular complexity index is 1370. The molecule has 5 rings (SSSR count). The lowest BCUT2D eigenvalue weighted by atomic mass is 9.91. The predicted octanol–water partition coefficient (Wildman–Crippen LogP) is 3.61. The molecule has 1 aliphatic rings. The maximum absolute atomic E-state index is 12.4. The van der Waals surface area contributed by atoms with Crippen molar-refractivity contribution < 1.29 is 19.4 Å². The smallest absolute Gasteiger partial charge is 0.253 e. The van der Waals surface area contributed by atoms with Crippen molar-refractivity contribution in [2.45, 2.75) is 43.7 Å². The fraction of sp³-hybridized carbons (Fsp3) is 0.321. The number of rotatable bonds is 9.